The van der Waals surface area contributed by atoms with Gasteiger partial charge in [-0.2, -0.15) is 0 Å². The third kappa shape index (κ3) is 4.11. The molecule has 0 radical (unpaired) electrons. The fourth-order valence-corrected chi connectivity index (χ4v) is 2.15. The maximum Gasteiger partial charge on any atom is 0.224 e. The molecule has 1 aromatic carbocycles. The lowest BCUT2D eigenvalue weighted by atomic mass is 10.1. The van der Waals surface area contributed by atoms with E-state index in [1.807, 2.05) is 18.2 Å². The van der Waals surface area contributed by atoms with Crippen molar-refractivity contribution in [3.8, 4) is 11.5 Å². The molecule has 0 aliphatic rings. The number of benzene rings is 1. The van der Waals surface area contributed by atoms with Gasteiger partial charge in [-0.25, -0.2) is 4.98 Å². The van der Waals surface area contributed by atoms with E-state index in [2.05, 4.69) is 10.3 Å². The number of nitrogens with zero attached hydrogens (tertiary/aromatic N) is 1. The number of halogens is 1. The van der Waals surface area contributed by atoms with Gasteiger partial charge < -0.3 is 14.8 Å². The highest BCUT2D eigenvalue weighted by Crippen LogP contribution is 2.28. The lowest BCUT2D eigenvalue weighted by Crippen LogP contribution is -2.13. The summed E-state index contributed by atoms with van der Waals surface area (Å²) in [5.41, 5.74) is 1.51. The molecule has 22 heavy (non-hydrogen) atoms. The van der Waals surface area contributed by atoms with E-state index in [4.69, 9.17) is 21.1 Å². The van der Waals surface area contributed by atoms with Gasteiger partial charge in [0, 0.05) is 12.6 Å². The van der Waals surface area contributed by atoms with Crippen molar-refractivity contribution in [2.45, 2.75) is 12.8 Å². The van der Waals surface area contributed by atoms with E-state index in [0.29, 0.717) is 30.0 Å². The Morgan fingerprint density at radius 2 is 2.00 bits per heavy atom. The van der Waals surface area contributed by atoms with Crippen molar-refractivity contribution in [3.05, 3.63) is 47.2 Å². The van der Waals surface area contributed by atoms with Crippen LogP contribution in [0.5, 0.6) is 11.5 Å². The molecular formula is C16H17ClN2O3. The first kappa shape index (κ1) is 16.1. The SMILES string of the molecule is COc1ccc(CCC(=O)Nc2cccnc2Cl)cc1OC. The second kappa shape index (κ2) is 7.66. The standard InChI is InChI=1S/C16H17ClN2O3/c1-21-13-7-5-11(10-14(13)22-2)6-8-15(20)19-12-4-3-9-18-16(12)17/h3-5,7,9-10H,6,8H2,1-2H3,(H,19,20). The number of hydrogen-bond acceptors (Lipinski definition) is 4. The van der Waals surface area contributed by atoms with Crippen LogP contribution in [0, 0.1) is 0 Å². The quantitative estimate of drug-likeness (QED) is 0.829. The molecule has 116 valence electrons. The Morgan fingerprint density at radius 1 is 1.23 bits per heavy atom. The van der Waals surface area contributed by atoms with Crippen molar-refractivity contribution in [2.24, 2.45) is 0 Å². The average Bonchev–Trinajstić information content (AvgIpc) is 2.54. The smallest absolute Gasteiger partial charge is 0.224 e. The number of carbonyl (C=O) groups excluding carboxylic acids is 1. The van der Waals surface area contributed by atoms with E-state index in [-0.39, 0.29) is 11.1 Å². The highest BCUT2D eigenvalue weighted by Gasteiger charge is 2.08. The third-order valence-electron chi connectivity index (χ3n) is 3.12. The van der Waals surface area contributed by atoms with Crippen LogP contribution >= 0.6 is 11.6 Å². The van der Waals surface area contributed by atoms with Crippen LogP contribution in [0.1, 0.15) is 12.0 Å². The van der Waals surface area contributed by atoms with Gasteiger partial charge in [-0.1, -0.05) is 17.7 Å². The van der Waals surface area contributed by atoms with E-state index in [9.17, 15) is 4.79 Å². The first-order valence-electron chi connectivity index (χ1n) is 6.75. The van der Waals surface area contributed by atoms with Crippen molar-refractivity contribution in [3.63, 3.8) is 0 Å². The number of rotatable bonds is 6. The molecule has 0 aliphatic heterocycles. The van der Waals surface area contributed by atoms with Gasteiger partial charge in [0.2, 0.25) is 5.91 Å². The zero-order valence-corrected chi connectivity index (χ0v) is 13.2. The predicted octanol–water partition coefficient (Wildman–Crippen LogP) is 3.32. The summed E-state index contributed by atoms with van der Waals surface area (Å²) < 4.78 is 10.4. The Labute approximate surface area is 134 Å². The Balaban J connectivity index is 1.95. The average molecular weight is 321 g/mol. The summed E-state index contributed by atoms with van der Waals surface area (Å²) in [4.78, 5) is 15.9. The second-order valence-corrected chi connectivity index (χ2v) is 4.94. The van der Waals surface area contributed by atoms with Crippen LogP contribution in [-0.2, 0) is 11.2 Å². The van der Waals surface area contributed by atoms with Crippen LogP contribution in [0.15, 0.2) is 36.5 Å². The molecule has 2 aromatic rings. The molecule has 2 rings (SSSR count). The zero-order chi connectivity index (χ0) is 15.9. The topological polar surface area (TPSA) is 60.5 Å². The molecule has 5 nitrogen and oxygen atoms in total. The Bertz CT molecular complexity index is 662. The zero-order valence-electron chi connectivity index (χ0n) is 12.4. The second-order valence-electron chi connectivity index (χ2n) is 4.58. The first-order valence-corrected chi connectivity index (χ1v) is 7.13. The molecule has 1 N–H and O–H groups in total. The molecule has 0 spiro atoms. The third-order valence-corrected chi connectivity index (χ3v) is 3.42. The van der Waals surface area contributed by atoms with Crippen LogP contribution in [-0.4, -0.2) is 25.1 Å². The minimum Gasteiger partial charge on any atom is -0.493 e. The maximum atomic E-state index is 12.0. The van der Waals surface area contributed by atoms with Crippen LogP contribution in [0.4, 0.5) is 5.69 Å². The van der Waals surface area contributed by atoms with Gasteiger partial charge >= 0.3 is 0 Å². The van der Waals surface area contributed by atoms with E-state index < -0.39 is 0 Å². The summed E-state index contributed by atoms with van der Waals surface area (Å²) in [6.45, 7) is 0. The molecule has 0 saturated carbocycles. The van der Waals surface area contributed by atoms with E-state index >= 15 is 0 Å². The summed E-state index contributed by atoms with van der Waals surface area (Å²) in [5.74, 6) is 1.19. The van der Waals surface area contributed by atoms with Gasteiger partial charge in [0.25, 0.3) is 0 Å². The molecule has 0 atom stereocenters. The molecule has 0 fully saturated rings. The minimum atomic E-state index is -0.121. The number of carbonyl (C=O) groups is 1. The van der Waals surface area contributed by atoms with Crippen LogP contribution in [0.3, 0.4) is 0 Å². The molecule has 6 heteroatoms. The van der Waals surface area contributed by atoms with Crippen molar-refractivity contribution >= 4 is 23.2 Å². The molecule has 0 aliphatic carbocycles. The lowest BCUT2D eigenvalue weighted by Gasteiger charge is -2.10. The molecule has 1 amide bonds. The molecule has 1 aromatic heterocycles. The number of ether oxygens (including phenoxy) is 2. The number of amides is 1. The van der Waals surface area contributed by atoms with E-state index in [1.54, 1.807) is 32.5 Å². The summed E-state index contributed by atoms with van der Waals surface area (Å²) in [6, 6.07) is 9.03. The Morgan fingerprint density at radius 3 is 2.68 bits per heavy atom. The van der Waals surface area contributed by atoms with Crippen LogP contribution in [0.25, 0.3) is 0 Å². The summed E-state index contributed by atoms with van der Waals surface area (Å²) in [5, 5.41) is 3.02. The van der Waals surface area contributed by atoms with Gasteiger partial charge in [-0.15, -0.1) is 0 Å². The normalized spacial score (nSPS) is 10.1. The van der Waals surface area contributed by atoms with Gasteiger partial charge in [0.05, 0.1) is 19.9 Å². The summed E-state index contributed by atoms with van der Waals surface area (Å²) in [7, 11) is 3.17. The molecule has 0 unspecified atom stereocenters. The number of hydrogen-bond donors (Lipinski definition) is 1. The number of aromatic nitrogens is 1. The largest absolute Gasteiger partial charge is 0.493 e. The maximum absolute atomic E-state index is 12.0. The Kier molecular flexibility index (Phi) is 5.61. The van der Waals surface area contributed by atoms with E-state index in [0.717, 1.165) is 5.56 Å². The lowest BCUT2D eigenvalue weighted by molar-refractivity contribution is -0.116. The summed E-state index contributed by atoms with van der Waals surface area (Å²) >= 11 is 5.90. The first-order chi connectivity index (χ1) is 10.6. The molecule has 0 saturated heterocycles. The van der Waals surface area contributed by atoms with E-state index in [1.165, 1.54) is 0 Å². The molecule has 0 bridgehead atoms. The number of methoxy groups -OCH3 is 2. The number of aryl methyl sites for hydroxylation is 1. The van der Waals surface area contributed by atoms with Gasteiger partial charge in [-0.05, 0) is 36.2 Å². The van der Waals surface area contributed by atoms with Crippen molar-refractivity contribution in [1.29, 1.82) is 0 Å². The highest BCUT2D eigenvalue weighted by molar-refractivity contribution is 6.32. The highest BCUT2D eigenvalue weighted by atomic mass is 35.5. The number of anilines is 1. The van der Waals surface area contributed by atoms with Crippen LogP contribution < -0.4 is 14.8 Å². The molecule has 1 heterocycles. The number of nitrogens with one attached hydrogen (secondary N) is 1. The molecular weight excluding hydrogens is 304 g/mol. The van der Waals surface area contributed by atoms with Crippen molar-refractivity contribution in [1.82, 2.24) is 4.98 Å². The fourth-order valence-electron chi connectivity index (χ4n) is 1.99. The minimum absolute atomic E-state index is 0.121. The van der Waals surface area contributed by atoms with Crippen molar-refractivity contribution < 1.29 is 14.3 Å². The summed E-state index contributed by atoms with van der Waals surface area (Å²) in [6.07, 6.45) is 2.49. The van der Waals surface area contributed by atoms with Gasteiger partial charge in [0.15, 0.2) is 16.7 Å². The van der Waals surface area contributed by atoms with Gasteiger partial charge in [-0.3, -0.25) is 4.79 Å². The van der Waals surface area contributed by atoms with Crippen molar-refractivity contribution in [2.75, 3.05) is 19.5 Å². The number of pyridine rings is 1. The van der Waals surface area contributed by atoms with Gasteiger partial charge in [0.1, 0.15) is 0 Å². The predicted molar refractivity (Wildman–Crippen MR) is 85.7 cm³/mol. The Hall–Kier alpha value is -2.27. The van der Waals surface area contributed by atoms with Crippen LogP contribution in [0.2, 0.25) is 5.15 Å². The fraction of sp³-hybridized carbons (Fsp3) is 0.250. The monoisotopic (exact) mass is 320 g/mol.